The van der Waals surface area contributed by atoms with Crippen LogP contribution in [-0.4, -0.2) is 36.1 Å². The van der Waals surface area contributed by atoms with E-state index in [2.05, 4.69) is 0 Å². The molecule has 38 heavy (non-hydrogen) atoms. The SMILES string of the molecule is O=C(COC(=O)c1ccc(N2C(=O)C3CCCCC3C2=O)cc1)c1ccc(OC(=O)c2ccccc2)cc1. The molecule has 1 aliphatic heterocycles. The van der Waals surface area contributed by atoms with E-state index in [1.807, 2.05) is 0 Å². The van der Waals surface area contributed by atoms with Crippen LogP contribution in [0.4, 0.5) is 5.69 Å². The van der Waals surface area contributed by atoms with Gasteiger partial charge in [0.05, 0.1) is 28.7 Å². The van der Waals surface area contributed by atoms with E-state index in [1.165, 1.54) is 41.3 Å². The number of esters is 2. The molecule has 0 N–H and O–H groups in total. The molecule has 0 bridgehead atoms. The van der Waals surface area contributed by atoms with Gasteiger partial charge in [-0.25, -0.2) is 9.59 Å². The quantitative estimate of drug-likeness (QED) is 0.197. The van der Waals surface area contributed by atoms with E-state index in [1.54, 1.807) is 42.5 Å². The van der Waals surface area contributed by atoms with Gasteiger partial charge in [0.15, 0.2) is 12.4 Å². The largest absolute Gasteiger partial charge is 0.454 e. The third-order valence-corrected chi connectivity index (χ3v) is 6.93. The average Bonchev–Trinajstić information content (AvgIpc) is 3.22. The van der Waals surface area contributed by atoms with Crippen LogP contribution in [0.25, 0.3) is 0 Å². The molecule has 2 atom stereocenters. The van der Waals surface area contributed by atoms with Crippen LogP contribution < -0.4 is 9.64 Å². The maximum atomic E-state index is 12.8. The summed E-state index contributed by atoms with van der Waals surface area (Å²) < 4.78 is 10.5. The molecule has 2 aliphatic rings. The van der Waals surface area contributed by atoms with E-state index >= 15 is 0 Å². The topological polar surface area (TPSA) is 107 Å². The average molecular weight is 512 g/mol. The molecule has 1 saturated heterocycles. The van der Waals surface area contributed by atoms with Gasteiger partial charge in [-0.15, -0.1) is 0 Å². The number of hydrogen-bond acceptors (Lipinski definition) is 7. The number of ketones is 1. The molecule has 2 amide bonds. The Bertz CT molecular complexity index is 1360. The predicted molar refractivity (Wildman–Crippen MR) is 137 cm³/mol. The minimum absolute atomic E-state index is 0.179. The van der Waals surface area contributed by atoms with Crippen LogP contribution >= 0.6 is 0 Å². The molecule has 0 radical (unpaired) electrons. The lowest BCUT2D eigenvalue weighted by atomic mass is 9.81. The first kappa shape index (κ1) is 25.1. The van der Waals surface area contributed by atoms with E-state index in [4.69, 9.17) is 9.47 Å². The Hall–Kier alpha value is -4.59. The Kier molecular flexibility index (Phi) is 7.13. The summed E-state index contributed by atoms with van der Waals surface area (Å²) in [6, 6.07) is 20.5. The van der Waals surface area contributed by atoms with Crippen molar-refractivity contribution in [2.24, 2.45) is 11.8 Å². The molecule has 1 saturated carbocycles. The molecule has 3 aromatic carbocycles. The second-order valence-electron chi connectivity index (χ2n) is 9.34. The second-order valence-corrected chi connectivity index (χ2v) is 9.34. The van der Waals surface area contributed by atoms with E-state index < -0.39 is 24.3 Å². The molecular weight excluding hydrogens is 486 g/mol. The van der Waals surface area contributed by atoms with Gasteiger partial charge in [0.1, 0.15) is 5.75 Å². The predicted octanol–water partition coefficient (Wildman–Crippen LogP) is 4.63. The number of hydrogen-bond donors (Lipinski definition) is 0. The molecule has 0 spiro atoms. The summed E-state index contributed by atoms with van der Waals surface area (Å²) in [7, 11) is 0. The number of anilines is 1. The van der Waals surface area contributed by atoms with Crippen molar-refractivity contribution in [3.63, 3.8) is 0 Å². The lowest BCUT2D eigenvalue weighted by molar-refractivity contribution is -0.122. The van der Waals surface area contributed by atoms with Gasteiger partial charge in [0, 0.05) is 5.56 Å². The fraction of sp³-hybridized carbons (Fsp3) is 0.233. The van der Waals surface area contributed by atoms with Crippen molar-refractivity contribution in [2.45, 2.75) is 25.7 Å². The smallest absolute Gasteiger partial charge is 0.343 e. The molecule has 1 heterocycles. The summed E-state index contributed by atoms with van der Waals surface area (Å²) in [6.07, 6.45) is 3.35. The van der Waals surface area contributed by atoms with Crippen molar-refractivity contribution in [1.29, 1.82) is 0 Å². The van der Waals surface area contributed by atoms with Crippen LogP contribution in [-0.2, 0) is 14.3 Å². The van der Waals surface area contributed by atoms with Crippen molar-refractivity contribution in [1.82, 2.24) is 0 Å². The standard InChI is InChI=1S/C30H25NO7/c32-26(19-12-16-23(17-13-19)38-30(36)20-6-2-1-3-7-20)18-37-29(35)21-10-14-22(15-11-21)31-27(33)24-8-4-5-9-25(24)28(31)34/h1-3,6-7,10-17,24-25H,4-5,8-9,18H2. The van der Waals surface area contributed by atoms with Crippen LogP contribution in [0.2, 0.25) is 0 Å². The highest BCUT2D eigenvalue weighted by Crippen LogP contribution is 2.40. The minimum Gasteiger partial charge on any atom is -0.454 e. The molecule has 8 heteroatoms. The van der Waals surface area contributed by atoms with E-state index in [-0.39, 0.29) is 35.0 Å². The summed E-state index contributed by atoms with van der Waals surface area (Å²) in [5, 5.41) is 0. The van der Waals surface area contributed by atoms with Gasteiger partial charge in [0.25, 0.3) is 0 Å². The monoisotopic (exact) mass is 511 g/mol. The van der Waals surface area contributed by atoms with Crippen LogP contribution in [0.3, 0.4) is 0 Å². The third-order valence-electron chi connectivity index (χ3n) is 6.93. The van der Waals surface area contributed by atoms with Gasteiger partial charge in [0.2, 0.25) is 11.8 Å². The van der Waals surface area contributed by atoms with Gasteiger partial charge in [-0.05, 0) is 73.5 Å². The van der Waals surface area contributed by atoms with Gasteiger partial charge in [-0.1, -0.05) is 31.0 Å². The number of carbonyl (C=O) groups excluding carboxylic acids is 5. The van der Waals surface area contributed by atoms with Crippen LogP contribution in [0.5, 0.6) is 5.75 Å². The number of nitrogens with zero attached hydrogens (tertiary/aromatic N) is 1. The molecule has 2 fully saturated rings. The summed E-state index contributed by atoms with van der Waals surface area (Å²) in [5.41, 5.74) is 1.32. The molecule has 8 nitrogen and oxygen atoms in total. The molecule has 1 aliphatic carbocycles. The number of Topliss-reactive ketones (excluding diaryl/α,β-unsaturated/α-hetero) is 1. The fourth-order valence-electron chi connectivity index (χ4n) is 4.91. The molecule has 3 aromatic rings. The van der Waals surface area contributed by atoms with Crippen LogP contribution in [0.1, 0.15) is 56.8 Å². The highest BCUT2D eigenvalue weighted by atomic mass is 16.5. The second kappa shape index (κ2) is 10.8. The van der Waals surface area contributed by atoms with Gasteiger partial charge in [-0.3, -0.25) is 19.3 Å². The number of carbonyl (C=O) groups is 5. The lowest BCUT2D eigenvalue weighted by Crippen LogP contribution is -2.30. The minimum atomic E-state index is -0.703. The van der Waals surface area contributed by atoms with Crippen molar-refractivity contribution in [3.05, 3.63) is 95.6 Å². The maximum Gasteiger partial charge on any atom is 0.343 e. The van der Waals surface area contributed by atoms with Gasteiger partial charge >= 0.3 is 11.9 Å². The maximum absolute atomic E-state index is 12.8. The van der Waals surface area contributed by atoms with Crippen LogP contribution in [0.15, 0.2) is 78.9 Å². The Morgan fingerprint density at radius 1 is 0.684 bits per heavy atom. The van der Waals surface area contributed by atoms with Crippen LogP contribution in [0, 0.1) is 11.8 Å². The Balaban J connectivity index is 1.15. The molecule has 2 unspecified atom stereocenters. The number of imide groups is 1. The summed E-state index contributed by atoms with van der Waals surface area (Å²) >= 11 is 0. The first-order valence-electron chi connectivity index (χ1n) is 12.5. The Morgan fingerprint density at radius 2 is 1.24 bits per heavy atom. The molecular formula is C30H25NO7. The molecule has 192 valence electrons. The van der Waals surface area contributed by atoms with Crippen molar-refractivity contribution in [3.8, 4) is 5.75 Å². The number of amides is 2. The highest BCUT2D eigenvalue weighted by Gasteiger charge is 2.48. The summed E-state index contributed by atoms with van der Waals surface area (Å²) in [6.45, 7) is -0.476. The third kappa shape index (κ3) is 5.11. The zero-order valence-corrected chi connectivity index (χ0v) is 20.5. The van der Waals surface area contributed by atoms with Gasteiger partial charge in [-0.2, -0.15) is 0 Å². The molecule has 5 rings (SSSR count). The summed E-state index contributed by atoms with van der Waals surface area (Å²) in [5.74, 6) is -2.22. The zero-order chi connectivity index (χ0) is 26.6. The molecule has 0 aromatic heterocycles. The number of fused-ring (bicyclic) bond motifs is 1. The van der Waals surface area contributed by atoms with E-state index in [0.29, 0.717) is 16.8 Å². The highest BCUT2D eigenvalue weighted by molar-refractivity contribution is 6.22. The van der Waals surface area contributed by atoms with Crippen molar-refractivity contribution < 1.29 is 33.4 Å². The number of ether oxygens (including phenoxy) is 2. The van der Waals surface area contributed by atoms with Gasteiger partial charge < -0.3 is 9.47 Å². The van der Waals surface area contributed by atoms with E-state index in [9.17, 15) is 24.0 Å². The lowest BCUT2D eigenvalue weighted by Gasteiger charge is -2.19. The first-order chi connectivity index (χ1) is 18.4. The zero-order valence-electron chi connectivity index (χ0n) is 20.5. The Morgan fingerprint density at radius 3 is 1.84 bits per heavy atom. The van der Waals surface area contributed by atoms with Crippen molar-refractivity contribution in [2.75, 3.05) is 11.5 Å². The number of benzene rings is 3. The Labute approximate surface area is 219 Å². The van der Waals surface area contributed by atoms with Crippen molar-refractivity contribution >= 4 is 35.2 Å². The normalized spacial score (nSPS) is 18.6. The fourth-order valence-corrected chi connectivity index (χ4v) is 4.91. The first-order valence-corrected chi connectivity index (χ1v) is 12.5. The summed E-state index contributed by atoms with van der Waals surface area (Å²) in [4.78, 5) is 63.9. The number of rotatable bonds is 7. The van der Waals surface area contributed by atoms with E-state index in [0.717, 1.165) is 25.7 Å².